The van der Waals surface area contributed by atoms with Crippen molar-refractivity contribution in [3.8, 4) is 0 Å². The molecule has 1 aromatic heterocycles. The number of aromatic nitrogens is 2. The molecule has 0 unspecified atom stereocenters. The summed E-state index contributed by atoms with van der Waals surface area (Å²) >= 11 is 6.29. The third kappa shape index (κ3) is 3.86. The summed E-state index contributed by atoms with van der Waals surface area (Å²) in [6.45, 7) is 2.94. The molecule has 1 aliphatic carbocycles. The number of piperazine rings is 1. The van der Waals surface area contributed by atoms with Gasteiger partial charge in [-0.25, -0.2) is 9.97 Å². The van der Waals surface area contributed by atoms with E-state index in [0.29, 0.717) is 30.5 Å². The monoisotopic (exact) mass is 420 g/mol. The lowest BCUT2D eigenvalue weighted by Gasteiger charge is -2.36. The van der Waals surface area contributed by atoms with Crippen LogP contribution >= 0.6 is 11.6 Å². The Balaban J connectivity index is 1.35. The molecule has 0 bridgehead atoms. The zero-order chi connectivity index (χ0) is 20.5. The summed E-state index contributed by atoms with van der Waals surface area (Å²) in [7, 11) is 0. The summed E-state index contributed by atoms with van der Waals surface area (Å²) in [5, 5.41) is 1.69. The molecule has 1 saturated carbocycles. The van der Waals surface area contributed by atoms with Gasteiger partial charge in [0.25, 0.3) is 0 Å². The number of amides is 1. The lowest BCUT2D eigenvalue weighted by Crippen LogP contribution is -2.49. The van der Waals surface area contributed by atoms with Gasteiger partial charge in [0.1, 0.15) is 11.6 Å². The van der Waals surface area contributed by atoms with Crippen LogP contribution in [0.4, 0.5) is 5.82 Å². The van der Waals surface area contributed by atoms with Crippen LogP contribution in [0.25, 0.3) is 10.9 Å². The molecule has 2 aromatic carbocycles. The second kappa shape index (κ2) is 8.23. The summed E-state index contributed by atoms with van der Waals surface area (Å²) in [4.78, 5) is 26.8. The van der Waals surface area contributed by atoms with E-state index in [1.54, 1.807) is 0 Å². The highest BCUT2D eigenvalue weighted by atomic mass is 35.5. The highest BCUT2D eigenvalue weighted by molar-refractivity contribution is 6.31. The molecule has 0 radical (unpaired) electrons. The fourth-order valence-corrected chi connectivity index (χ4v) is 4.41. The maximum Gasteiger partial charge on any atom is 0.227 e. The largest absolute Gasteiger partial charge is 0.352 e. The number of fused-ring (bicyclic) bond motifs is 1. The van der Waals surface area contributed by atoms with Gasteiger partial charge in [0.2, 0.25) is 5.91 Å². The van der Waals surface area contributed by atoms with Crippen molar-refractivity contribution in [2.75, 3.05) is 31.1 Å². The summed E-state index contributed by atoms with van der Waals surface area (Å²) < 4.78 is 0. The van der Waals surface area contributed by atoms with Crippen LogP contribution in [0.5, 0.6) is 0 Å². The van der Waals surface area contributed by atoms with Gasteiger partial charge in [-0.3, -0.25) is 4.79 Å². The number of hydrogen-bond donors (Lipinski definition) is 0. The van der Waals surface area contributed by atoms with Crippen LogP contribution in [-0.4, -0.2) is 47.0 Å². The standard InChI is InChI=1S/C24H25ClN4O/c25-19-9-10-21-20(16-19)24(27-23(26-21)18-7-4-8-18)29-13-11-28(12-14-29)22(30)15-17-5-2-1-3-6-17/h1-3,5-6,9-10,16,18H,4,7-8,11-15H2. The van der Waals surface area contributed by atoms with E-state index in [-0.39, 0.29) is 5.91 Å². The van der Waals surface area contributed by atoms with Gasteiger partial charge in [0, 0.05) is 42.5 Å². The molecule has 2 aliphatic rings. The third-order valence-electron chi connectivity index (χ3n) is 6.26. The normalized spacial score (nSPS) is 17.2. The van der Waals surface area contributed by atoms with Gasteiger partial charge in [-0.2, -0.15) is 0 Å². The molecule has 6 heteroatoms. The van der Waals surface area contributed by atoms with E-state index in [1.165, 1.54) is 19.3 Å². The first kappa shape index (κ1) is 19.3. The van der Waals surface area contributed by atoms with E-state index < -0.39 is 0 Å². The predicted octanol–water partition coefficient (Wildman–Crippen LogP) is 4.44. The van der Waals surface area contributed by atoms with Crippen molar-refractivity contribution in [2.24, 2.45) is 0 Å². The molecule has 2 fully saturated rings. The van der Waals surface area contributed by atoms with Gasteiger partial charge in [0.15, 0.2) is 0 Å². The first-order chi connectivity index (χ1) is 14.7. The highest BCUT2D eigenvalue weighted by Gasteiger charge is 2.27. The zero-order valence-electron chi connectivity index (χ0n) is 16.9. The summed E-state index contributed by atoms with van der Waals surface area (Å²) in [5.41, 5.74) is 2.01. The van der Waals surface area contributed by atoms with Crippen LogP contribution in [0.3, 0.4) is 0 Å². The first-order valence-corrected chi connectivity index (χ1v) is 11.1. The Morgan fingerprint density at radius 3 is 2.47 bits per heavy atom. The van der Waals surface area contributed by atoms with Gasteiger partial charge in [-0.1, -0.05) is 48.4 Å². The SMILES string of the molecule is O=C(Cc1ccccc1)N1CCN(c2nc(C3CCC3)nc3ccc(Cl)cc23)CC1. The number of hydrogen-bond acceptors (Lipinski definition) is 4. The number of carbonyl (C=O) groups is 1. The number of halogens is 1. The van der Waals surface area contributed by atoms with Gasteiger partial charge < -0.3 is 9.80 Å². The van der Waals surface area contributed by atoms with Crippen LogP contribution in [-0.2, 0) is 11.2 Å². The Kier molecular flexibility index (Phi) is 5.30. The first-order valence-electron chi connectivity index (χ1n) is 10.7. The Labute approximate surface area is 181 Å². The molecule has 5 nitrogen and oxygen atoms in total. The minimum Gasteiger partial charge on any atom is -0.352 e. The Bertz CT molecular complexity index is 1060. The molecule has 0 N–H and O–H groups in total. The van der Waals surface area contributed by atoms with Gasteiger partial charge in [-0.15, -0.1) is 0 Å². The molecular formula is C24H25ClN4O. The molecule has 0 atom stereocenters. The van der Waals surface area contributed by atoms with Crippen molar-refractivity contribution in [1.82, 2.24) is 14.9 Å². The summed E-state index contributed by atoms with van der Waals surface area (Å²) in [6, 6.07) is 15.8. The van der Waals surface area contributed by atoms with Crippen LogP contribution in [0.1, 0.15) is 36.6 Å². The number of benzene rings is 2. The molecule has 0 spiro atoms. The molecular weight excluding hydrogens is 396 g/mol. The lowest BCUT2D eigenvalue weighted by molar-refractivity contribution is -0.130. The summed E-state index contributed by atoms with van der Waals surface area (Å²) in [6.07, 6.45) is 4.05. The molecule has 30 heavy (non-hydrogen) atoms. The van der Waals surface area contributed by atoms with Crippen molar-refractivity contribution in [3.63, 3.8) is 0 Å². The Morgan fingerprint density at radius 2 is 1.77 bits per heavy atom. The van der Waals surface area contributed by atoms with E-state index >= 15 is 0 Å². The smallest absolute Gasteiger partial charge is 0.227 e. The second-order valence-electron chi connectivity index (χ2n) is 8.22. The predicted molar refractivity (Wildman–Crippen MR) is 120 cm³/mol. The van der Waals surface area contributed by atoms with E-state index in [2.05, 4.69) is 4.90 Å². The maximum atomic E-state index is 12.7. The van der Waals surface area contributed by atoms with Crippen LogP contribution < -0.4 is 4.90 Å². The molecule has 154 valence electrons. The van der Waals surface area contributed by atoms with E-state index in [9.17, 15) is 4.79 Å². The molecule has 1 saturated heterocycles. The Hall–Kier alpha value is -2.66. The third-order valence-corrected chi connectivity index (χ3v) is 6.49. The molecule has 1 amide bonds. The van der Waals surface area contributed by atoms with Crippen molar-refractivity contribution in [3.05, 3.63) is 64.9 Å². The lowest BCUT2D eigenvalue weighted by atomic mass is 9.85. The van der Waals surface area contributed by atoms with Gasteiger partial charge >= 0.3 is 0 Å². The molecule has 1 aliphatic heterocycles. The van der Waals surface area contributed by atoms with Gasteiger partial charge in [0.05, 0.1) is 11.9 Å². The summed E-state index contributed by atoms with van der Waals surface area (Å²) in [5.74, 6) is 2.57. The van der Waals surface area contributed by atoms with Crippen molar-refractivity contribution in [1.29, 1.82) is 0 Å². The minimum atomic E-state index is 0.187. The number of carbonyl (C=O) groups excluding carboxylic acids is 1. The van der Waals surface area contributed by atoms with Crippen molar-refractivity contribution >= 4 is 34.2 Å². The second-order valence-corrected chi connectivity index (χ2v) is 8.66. The minimum absolute atomic E-state index is 0.187. The Morgan fingerprint density at radius 1 is 1.00 bits per heavy atom. The molecule has 3 aromatic rings. The number of nitrogens with zero attached hydrogens (tertiary/aromatic N) is 4. The van der Waals surface area contributed by atoms with Crippen molar-refractivity contribution < 1.29 is 4.79 Å². The van der Waals surface area contributed by atoms with Crippen LogP contribution in [0.15, 0.2) is 48.5 Å². The van der Waals surface area contributed by atoms with Crippen LogP contribution in [0.2, 0.25) is 5.02 Å². The number of rotatable bonds is 4. The molecule has 5 rings (SSSR count). The van der Waals surface area contributed by atoms with E-state index in [0.717, 1.165) is 41.2 Å². The maximum absolute atomic E-state index is 12.7. The van der Waals surface area contributed by atoms with E-state index in [1.807, 2.05) is 53.4 Å². The number of anilines is 1. The van der Waals surface area contributed by atoms with Crippen LogP contribution in [0, 0.1) is 0 Å². The molecule has 2 heterocycles. The fraction of sp³-hybridized carbons (Fsp3) is 0.375. The fourth-order valence-electron chi connectivity index (χ4n) is 4.24. The quantitative estimate of drug-likeness (QED) is 0.626. The average molecular weight is 421 g/mol. The van der Waals surface area contributed by atoms with Gasteiger partial charge in [-0.05, 0) is 36.6 Å². The topological polar surface area (TPSA) is 49.3 Å². The average Bonchev–Trinajstić information content (AvgIpc) is 2.73. The zero-order valence-corrected chi connectivity index (χ0v) is 17.7. The van der Waals surface area contributed by atoms with E-state index in [4.69, 9.17) is 21.6 Å². The van der Waals surface area contributed by atoms with Crippen molar-refractivity contribution in [2.45, 2.75) is 31.6 Å². The highest BCUT2D eigenvalue weighted by Crippen LogP contribution is 2.37.